The van der Waals surface area contributed by atoms with Gasteiger partial charge < -0.3 is 18.6 Å². The van der Waals surface area contributed by atoms with Crippen LogP contribution in [-0.2, 0) is 6.42 Å². The Bertz CT molecular complexity index is 2010. The molecule has 9 heteroatoms. The molecule has 0 radical (unpaired) electrons. The van der Waals surface area contributed by atoms with E-state index in [2.05, 4.69) is 63.6 Å². The molecule has 4 heterocycles. The molecular formula is C39H41N5O4. The summed E-state index contributed by atoms with van der Waals surface area (Å²) in [6.07, 6.45) is 11.9. The van der Waals surface area contributed by atoms with Crippen LogP contribution in [0.25, 0.3) is 22.2 Å². The van der Waals surface area contributed by atoms with Crippen LogP contribution >= 0.6 is 0 Å². The van der Waals surface area contributed by atoms with Gasteiger partial charge in [-0.15, -0.1) is 10.2 Å². The molecule has 0 N–H and O–H groups in total. The van der Waals surface area contributed by atoms with Crippen molar-refractivity contribution in [3.05, 3.63) is 82.9 Å². The number of hydrogen-bond donors (Lipinski definition) is 0. The summed E-state index contributed by atoms with van der Waals surface area (Å²) >= 11 is 0. The van der Waals surface area contributed by atoms with Crippen molar-refractivity contribution in [1.29, 1.82) is 0 Å². The van der Waals surface area contributed by atoms with Gasteiger partial charge in [-0.25, -0.2) is 4.98 Å². The zero-order valence-corrected chi connectivity index (χ0v) is 27.7. The van der Waals surface area contributed by atoms with Crippen LogP contribution < -0.4 is 9.64 Å². The molecule has 1 saturated heterocycles. The van der Waals surface area contributed by atoms with E-state index in [-0.39, 0.29) is 23.5 Å². The highest BCUT2D eigenvalue weighted by Crippen LogP contribution is 2.55. The van der Waals surface area contributed by atoms with Crippen molar-refractivity contribution in [2.75, 3.05) is 18.0 Å². The number of hydrogen-bond acceptors (Lipinski definition) is 9. The SMILES string of the molecule is Cc1nnc(C(=O)c2cc(OC3CCC3)c3cc(N4CCC5(CC4)CC(Cc4c(-c6ccccc6C)noc4C4CC4)C5)ccc3n2)o1. The third kappa shape index (κ3) is 5.37. The summed E-state index contributed by atoms with van der Waals surface area (Å²) in [5.74, 6) is 2.99. The Labute approximate surface area is 280 Å². The first-order valence-corrected chi connectivity index (χ1v) is 17.7. The smallest absolute Gasteiger partial charge is 0.290 e. The quantitative estimate of drug-likeness (QED) is 0.147. The van der Waals surface area contributed by atoms with Gasteiger partial charge in [0.15, 0.2) is 0 Å². The molecule has 3 aliphatic carbocycles. The molecule has 2 aromatic carbocycles. The first-order chi connectivity index (χ1) is 23.4. The minimum Gasteiger partial charge on any atom is -0.490 e. The van der Waals surface area contributed by atoms with Crippen molar-refractivity contribution in [1.82, 2.24) is 20.3 Å². The second kappa shape index (κ2) is 11.6. The predicted molar refractivity (Wildman–Crippen MR) is 181 cm³/mol. The van der Waals surface area contributed by atoms with Crippen molar-refractivity contribution >= 4 is 22.4 Å². The van der Waals surface area contributed by atoms with E-state index in [0.717, 1.165) is 61.1 Å². The number of pyridine rings is 1. The second-order valence-electron chi connectivity index (χ2n) is 14.8. The van der Waals surface area contributed by atoms with Gasteiger partial charge in [0.1, 0.15) is 22.9 Å². The van der Waals surface area contributed by atoms with Crippen LogP contribution in [0.5, 0.6) is 5.75 Å². The third-order valence-corrected chi connectivity index (χ3v) is 11.3. The Morgan fingerprint density at radius 3 is 2.52 bits per heavy atom. The number of nitrogens with zero attached hydrogens (tertiary/aromatic N) is 5. The molecule has 9 rings (SSSR count). The number of aryl methyl sites for hydroxylation is 2. The summed E-state index contributed by atoms with van der Waals surface area (Å²) in [7, 11) is 0. The van der Waals surface area contributed by atoms with Crippen LogP contribution in [0.3, 0.4) is 0 Å². The first kappa shape index (κ1) is 29.6. The van der Waals surface area contributed by atoms with Gasteiger partial charge in [-0.2, -0.15) is 0 Å². The van der Waals surface area contributed by atoms with Crippen molar-refractivity contribution < 1.29 is 18.5 Å². The molecule has 48 heavy (non-hydrogen) atoms. The maximum atomic E-state index is 13.2. The highest BCUT2D eigenvalue weighted by Gasteiger charge is 2.47. The van der Waals surface area contributed by atoms with E-state index >= 15 is 0 Å². The molecule has 4 aliphatic rings. The zero-order valence-electron chi connectivity index (χ0n) is 27.7. The number of piperidine rings is 1. The number of anilines is 1. The Kier molecular flexibility index (Phi) is 7.13. The van der Waals surface area contributed by atoms with Crippen LogP contribution in [0.1, 0.15) is 103 Å². The molecule has 0 bridgehead atoms. The van der Waals surface area contributed by atoms with E-state index in [0.29, 0.717) is 28.9 Å². The van der Waals surface area contributed by atoms with Gasteiger partial charge in [-0.05, 0) is 106 Å². The summed E-state index contributed by atoms with van der Waals surface area (Å²) in [6, 6.07) is 16.6. The molecule has 4 fully saturated rings. The van der Waals surface area contributed by atoms with Crippen LogP contribution in [0.15, 0.2) is 57.5 Å². The second-order valence-corrected chi connectivity index (χ2v) is 14.8. The Morgan fingerprint density at radius 1 is 1.00 bits per heavy atom. The van der Waals surface area contributed by atoms with Gasteiger partial charge in [0.2, 0.25) is 5.89 Å². The molecule has 3 aromatic heterocycles. The van der Waals surface area contributed by atoms with Gasteiger partial charge in [0.05, 0.1) is 11.6 Å². The molecule has 0 atom stereocenters. The Hall–Kier alpha value is -4.53. The van der Waals surface area contributed by atoms with E-state index in [1.807, 2.05) is 6.07 Å². The molecule has 1 aliphatic heterocycles. The minimum absolute atomic E-state index is 0.0532. The molecule has 3 saturated carbocycles. The third-order valence-electron chi connectivity index (χ3n) is 11.3. The first-order valence-electron chi connectivity index (χ1n) is 17.7. The highest BCUT2D eigenvalue weighted by atomic mass is 16.5. The standard InChI is InChI=1S/C39H41N5O4/c1-23-6-3-4-9-29(23)35-31(37(48-43-35)26-10-11-26)18-25-21-39(22-25)14-16-44(17-15-39)27-12-13-32-30(19-27)34(47-28-7-5-8-28)20-33(40-32)36(45)38-42-41-24(2)46-38/h3-4,6,9,12-13,19-20,25-26,28H,5,7-8,10-11,14-18,21-22H2,1-2H3. The van der Waals surface area contributed by atoms with Gasteiger partial charge >= 0.3 is 0 Å². The number of fused-ring (bicyclic) bond motifs is 1. The maximum absolute atomic E-state index is 13.2. The number of carbonyl (C=O) groups excluding carboxylic acids is 1. The Balaban J connectivity index is 0.900. The molecule has 0 amide bonds. The Morgan fingerprint density at radius 2 is 1.81 bits per heavy atom. The molecule has 0 unspecified atom stereocenters. The van der Waals surface area contributed by atoms with E-state index in [4.69, 9.17) is 18.7 Å². The van der Waals surface area contributed by atoms with Crippen molar-refractivity contribution in [2.45, 2.75) is 90.1 Å². The van der Waals surface area contributed by atoms with Gasteiger partial charge in [0.25, 0.3) is 11.7 Å². The lowest BCUT2D eigenvalue weighted by molar-refractivity contribution is 0.0282. The van der Waals surface area contributed by atoms with Gasteiger partial charge in [-0.3, -0.25) is 4.79 Å². The number of benzene rings is 2. The van der Waals surface area contributed by atoms with E-state index < -0.39 is 0 Å². The average molecular weight is 644 g/mol. The molecule has 9 nitrogen and oxygen atoms in total. The van der Waals surface area contributed by atoms with Crippen molar-refractivity contribution in [3.63, 3.8) is 0 Å². The average Bonchev–Trinajstić information content (AvgIpc) is 3.69. The summed E-state index contributed by atoms with van der Waals surface area (Å²) < 4.78 is 17.9. The van der Waals surface area contributed by atoms with Crippen LogP contribution in [0, 0.1) is 25.2 Å². The number of ether oxygens (including phenoxy) is 1. The maximum Gasteiger partial charge on any atom is 0.290 e. The number of rotatable bonds is 9. The van der Waals surface area contributed by atoms with E-state index in [9.17, 15) is 4.79 Å². The fraction of sp³-hybridized carbons (Fsp3) is 0.462. The monoisotopic (exact) mass is 643 g/mol. The zero-order chi connectivity index (χ0) is 32.4. The molecular weight excluding hydrogens is 602 g/mol. The fourth-order valence-corrected chi connectivity index (χ4v) is 8.24. The molecule has 1 spiro atoms. The van der Waals surface area contributed by atoms with Crippen LogP contribution in [-0.4, -0.2) is 45.3 Å². The minimum atomic E-state index is -0.389. The largest absolute Gasteiger partial charge is 0.490 e. The lowest BCUT2D eigenvalue weighted by Crippen LogP contribution is -2.47. The lowest BCUT2D eigenvalue weighted by Gasteiger charge is -2.53. The summed E-state index contributed by atoms with van der Waals surface area (Å²) in [4.78, 5) is 20.4. The number of carbonyl (C=O) groups is 1. The molecule has 246 valence electrons. The summed E-state index contributed by atoms with van der Waals surface area (Å²) in [6.45, 7) is 5.91. The summed E-state index contributed by atoms with van der Waals surface area (Å²) in [5.41, 5.74) is 7.50. The topological polar surface area (TPSA) is 107 Å². The van der Waals surface area contributed by atoms with Crippen molar-refractivity contribution in [2.24, 2.45) is 11.3 Å². The van der Waals surface area contributed by atoms with Crippen LogP contribution in [0.4, 0.5) is 5.69 Å². The predicted octanol–water partition coefficient (Wildman–Crippen LogP) is 8.17. The number of ketones is 1. The van der Waals surface area contributed by atoms with Crippen molar-refractivity contribution in [3.8, 4) is 17.0 Å². The highest BCUT2D eigenvalue weighted by molar-refractivity contribution is 6.06. The number of aromatic nitrogens is 4. The fourth-order valence-electron chi connectivity index (χ4n) is 8.24. The van der Waals surface area contributed by atoms with E-state index in [1.165, 1.54) is 60.9 Å². The lowest BCUT2D eigenvalue weighted by atomic mass is 9.56. The van der Waals surface area contributed by atoms with Gasteiger partial charge in [-0.1, -0.05) is 29.4 Å². The normalized spacial score (nSPS) is 19.4. The summed E-state index contributed by atoms with van der Waals surface area (Å²) in [5, 5.41) is 13.3. The van der Waals surface area contributed by atoms with Crippen LogP contribution in [0.2, 0.25) is 0 Å². The van der Waals surface area contributed by atoms with Gasteiger partial charge in [0, 0.05) is 54.2 Å². The molecule has 5 aromatic rings. The van der Waals surface area contributed by atoms with E-state index in [1.54, 1.807) is 13.0 Å².